The van der Waals surface area contributed by atoms with Gasteiger partial charge in [-0.3, -0.25) is 9.78 Å². The molecular formula is C19H17ClN2O6. The van der Waals surface area contributed by atoms with Crippen LogP contribution < -0.4 is 0 Å². The Kier molecular flexibility index (Phi) is 5.91. The van der Waals surface area contributed by atoms with Crippen LogP contribution in [0.2, 0.25) is 5.02 Å². The summed E-state index contributed by atoms with van der Waals surface area (Å²) in [5.74, 6) is -2.81. The van der Waals surface area contributed by atoms with E-state index in [9.17, 15) is 14.7 Å². The standard InChI is InChI=1S/C19H17ClN2O6/c1-3-27-19(25)16-14(9-23)22-17(28-16)15(18(24)26-2)10-4-5-13-11(6-10)7-12(20)8-21-13/h4-8,15,23H,3,9H2,1-2H3. The fraction of sp³-hybridized carbons (Fsp3) is 0.263. The van der Waals surface area contributed by atoms with Crippen molar-refractivity contribution in [3.63, 3.8) is 0 Å². The molecule has 0 aliphatic rings. The van der Waals surface area contributed by atoms with Crippen molar-refractivity contribution in [2.75, 3.05) is 13.7 Å². The van der Waals surface area contributed by atoms with Gasteiger partial charge in [-0.2, -0.15) is 0 Å². The first-order valence-electron chi connectivity index (χ1n) is 8.39. The minimum atomic E-state index is -1.05. The molecule has 0 aliphatic heterocycles. The summed E-state index contributed by atoms with van der Waals surface area (Å²) in [5.41, 5.74) is 1.17. The molecule has 1 N–H and O–H groups in total. The van der Waals surface area contributed by atoms with Gasteiger partial charge in [0, 0.05) is 11.6 Å². The number of carbonyl (C=O) groups excluding carboxylic acids is 2. The molecule has 0 fully saturated rings. The van der Waals surface area contributed by atoms with E-state index in [1.807, 2.05) is 0 Å². The third kappa shape index (κ3) is 3.83. The average Bonchev–Trinajstić information content (AvgIpc) is 3.12. The molecule has 3 rings (SSSR count). The second-order valence-corrected chi connectivity index (χ2v) is 6.20. The number of esters is 2. The van der Waals surface area contributed by atoms with Crippen LogP contribution >= 0.6 is 11.6 Å². The maximum absolute atomic E-state index is 12.5. The number of halogens is 1. The van der Waals surface area contributed by atoms with Gasteiger partial charge >= 0.3 is 11.9 Å². The Labute approximate surface area is 165 Å². The topological polar surface area (TPSA) is 112 Å². The molecule has 0 saturated heterocycles. The maximum Gasteiger partial charge on any atom is 0.376 e. The second-order valence-electron chi connectivity index (χ2n) is 5.77. The molecule has 0 bridgehead atoms. The Balaban J connectivity index is 2.11. The Morgan fingerprint density at radius 3 is 2.79 bits per heavy atom. The quantitative estimate of drug-likeness (QED) is 0.624. The number of ether oxygens (including phenoxy) is 2. The zero-order valence-electron chi connectivity index (χ0n) is 15.1. The minimum absolute atomic E-state index is 0.0205. The number of hydrogen-bond donors (Lipinski definition) is 1. The molecule has 146 valence electrons. The van der Waals surface area contributed by atoms with Gasteiger partial charge in [-0.05, 0) is 30.7 Å². The number of aromatic nitrogens is 2. The predicted octanol–water partition coefficient (Wildman–Crippen LogP) is 2.85. The van der Waals surface area contributed by atoms with Crippen molar-refractivity contribution in [1.82, 2.24) is 9.97 Å². The van der Waals surface area contributed by atoms with Gasteiger partial charge in [0.2, 0.25) is 11.7 Å². The fourth-order valence-corrected chi connectivity index (χ4v) is 2.92. The van der Waals surface area contributed by atoms with Crippen molar-refractivity contribution in [1.29, 1.82) is 0 Å². The lowest BCUT2D eigenvalue weighted by molar-refractivity contribution is -0.141. The van der Waals surface area contributed by atoms with Crippen LogP contribution in [0.4, 0.5) is 0 Å². The van der Waals surface area contributed by atoms with Crippen molar-refractivity contribution in [2.24, 2.45) is 0 Å². The van der Waals surface area contributed by atoms with E-state index in [4.69, 9.17) is 25.5 Å². The fourth-order valence-electron chi connectivity index (χ4n) is 2.76. The van der Waals surface area contributed by atoms with Gasteiger partial charge in [0.1, 0.15) is 5.69 Å². The lowest BCUT2D eigenvalue weighted by atomic mass is 9.97. The van der Waals surface area contributed by atoms with Crippen LogP contribution in [0.1, 0.15) is 40.5 Å². The molecule has 1 aromatic carbocycles. The number of rotatable bonds is 6. The molecule has 3 aromatic rings. The number of fused-ring (bicyclic) bond motifs is 1. The molecular weight excluding hydrogens is 388 g/mol. The van der Waals surface area contributed by atoms with Crippen molar-refractivity contribution >= 4 is 34.4 Å². The summed E-state index contributed by atoms with van der Waals surface area (Å²) >= 11 is 6.00. The van der Waals surface area contributed by atoms with Crippen LogP contribution in [0.3, 0.4) is 0 Å². The number of nitrogens with zero attached hydrogens (tertiary/aromatic N) is 2. The van der Waals surface area contributed by atoms with Gasteiger partial charge in [0.05, 0.1) is 30.9 Å². The summed E-state index contributed by atoms with van der Waals surface area (Å²) in [6, 6.07) is 6.82. The van der Waals surface area contributed by atoms with E-state index in [0.717, 1.165) is 0 Å². The zero-order valence-corrected chi connectivity index (χ0v) is 15.9. The van der Waals surface area contributed by atoms with Gasteiger partial charge in [0.15, 0.2) is 5.92 Å². The third-order valence-electron chi connectivity index (χ3n) is 4.01. The largest absolute Gasteiger partial charge is 0.468 e. The highest BCUT2D eigenvalue weighted by molar-refractivity contribution is 6.31. The normalized spacial score (nSPS) is 12.0. The highest BCUT2D eigenvalue weighted by Crippen LogP contribution is 2.30. The Morgan fingerprint density at radius 2 is 2.11 bits per heavy atom. The number of pyridine rings is 1. The predicted molar refractivity (Wildman–Crippen MR) is 99.0 cm³/mol. The highest BCUT2D eigenvalue weighted by atomic mass is 35.5. The van der Waals surface area contributed by atoms with Crippen LogP contribution in [-0.2, 0) is 20.9 Å². The first kappa shape index (κ1) is 19.8. The van der Waals surface area contributed by atoms with E-state index in [-0.39, 0.29) is 24.0 Å². The second kappa shape index (κ2) is 8.37. The zero-order chi connectivity index (χ0) is 20.3. The molecule has 1 atom stereocenters. The summed E-state index contributed by atoms with van der Waals surface area (Å²) in [4.78, 5) is 32.8. The lowest BCUT2D eigenvalue weighted by Crippen LogP contribution is -2.16. The van der Waals surface area contributed by atoms with E-state index >= 15 is 0 Å². The van der Waals surface area contributed by atoms with Crippen molar-refractivity contribution < 1.29 is 28.6 Å². The minimum Gasteiger partial charge on any atom is -0.468 e. The smallest absolute Gasteiger partial charge is 0.376 e. The molecule has 2 aromatic heterocycles. The number of benzene rings is 1. The number of aliphatic hydroxyl groups is 1. The molecule has 1 unspecified atom stereocenters. The van der Waals surface area contributed by atoms with Crippen LogP contribution in [-0.4, -0.2) is 40.7 Å². The van der Waals surface area contributed by atoms with Gasteiger partial charge < -0.3 is 19.0 Å². The molecule has 0 aliphatic carbocycles. The van der Waals surface area contributed by atoms with Crippen LogP contribution in [0.25, 0.3) is 10.9 Å². The lowest BCUT2D eigenvalue weighted by Gasteiger charge is -2.12. The summed E-state index contributed by atoms with van der Waals surface area (Å²) < 4.78 is 15.3. The van der Waals surface area contributed by atoms with E-state index < -0.39 is 24.5 Å². The monoisotopic (exact) mass is 404 g/mol. The van der Waals surface area contributed by atoms with E-state index in [1.54, 1.807) is 31.2 Å². The number of aliphatic hydroxyl groups excluding tert-OH is 1. The third-order valence-corrected chi connectivity index (χ3v) is 4.22. The number of methoxy groups -OCH3 is 1. The summed E-state index contributed by atoms with van der Waals surface area (Å²) in [5, 5.41) is 10.7. The molecule has 0 spiro atoms. The molecule has 0 radical (unpaired) electrons. The number of oxazole rings is 1. The Morgan fingerprint density at radius 1 is 1.32 bits per heavy atom. The van der Waals surface area contributed by atoms with Crippen LogP contribution in [0.5, 0.6) is 0 Å². The van der Waals surface area contributed by atoms with E-state index in [2.05, 4.69) is 9.97 Å². The van der Waals surface area contributed by atoms with Crippen LogP contribution in [0.15, 0.2) is 34.9 Å². The number of carbonyl (C=O) groups is 2. The van der Waals surface area contributed by atoms with Crippen molar-refractivity contribution in [2.45, 2.75) is 19.4 Å². The summed E-state index contributed by atoms with van der Waals surface area (Å²) in [6.07, 6.45) is 1.52. The van der Waals surface area contributed by atoms with Gasteiger partial charge in [-0.15, -0.1) is 0 Å². The SMILES string of the molecule is CCOC(=O)c1oc(C(C(=O)OC)c2ccc3ncc(Cl)cc3c2)nc1CO. The summed E-state index contributed by atoms with van der Waals surface area (Å²) in [7, 11) is 1.23. The Hall–Kier alpha value is -2.97. The van der Waals surface area contributed by atoms with Gasteiger partial charge in [-0.25, -0.2) is 9.78 Å². The van der Waals surface area contributed by atoms with Crippen molar-refractivity contribution in [3.8, 4) is 0 Å². The van der Waals surface area contributed by atoms with E-state index in [1.165, 1.54) is 13.3 Å². The summed E-state index contributed by atoms with van der Waals surface area (Å²) in [6.45, 7) is 1.21. The molecule has 8 nitrogen and oxygen atoms in total. The van der Waals surface area contributed by atoms with Crippen LogP contribution in [0, 0.1) is 0 Å². The van der Waals surface area contributed by atoms with Crippen molar-refractivity contribution in [3.05, 3.63) is 58.4 Å². The first-order chi connectivity index (χ1) is 13.5. The Bertz CT molecular complexity index is 1030. The molecule has 28 heavy (non-hydrogen) atoms. The average molecular weight is 405 g/mol. The van der Waals surface area contributed by atoms with Gasteiger partial charge in [-0.1, -0.05) is 17.7 Å². The first-order valence-corrected chi connectivity index (χ1v) is 8.76. The molecule has 2 heterocycles. The highest BCUT2D eigenvalue weighted by Gasteiger charge is 2.32. The molecule has 0 saturated carbocycles. The van der Waals surface area contributed by atoms with E-state index in [0.29, 0.717) is 21.5 Å². The maximum atomic E-state index is 12.5. The van der Waals surface area contributed by atoms with Gasteiger partial charge in [0.25, 0.3) is 0 Å². The molecule has 9 heteroatoms. The number of hydrogen-bond acceptors (Lipinski definition) is 8. The molecule has 0 amide bonds.